The minimum absolute atomic E-state index is 0.246. The van der Waals surface area contributed by atoms with Gasteiger partial charge in [0, 0.05) is 19.6 Å². The van der Waals surface area contributed by atoms with E-state index in [2.05, 4.69) is 10.6 Å². The standard InChI is InChI=1S/C22H25FN6O2/c1-22(2,3)31-21(30)29-8-6-15(7-9-29)14-27-18-5-4-17(23)10-19(18)28-20(13-26)16(11-24)12-25/h4-5,10,15,27-28H,6-9,14H2,1-3H3. The summed E-state index contributed by atoms with van der Waals surface area (Å²) in [6.07, 6.45) is 1.25. The van der Waals surface area contributed by atoms with Gasteiger partial charge in [0.25, 0.3) is 0 Å². The molecule has 1 heterocycles. The molecular weight excluding hydrogens is 399 g/mol. The summed E-state index contributed by atoms with van der Waals surface area (Å²) in [6.45, 7) is 7.25. The quantitative estimate of drug-likeness (QED) is 0.681. The number of benzene rings is 1. The zero-order chi connectivity index (χ0) is 23.0. The van der Waals surface area contributed by atoms with Gasteiger partial charge in [-0.2, -0.15) is 15.8 Å². The third-order valence-electron chi connectivity index (χ3n) is 4.67. The van der Waals surface area contributed by atoms with Gasteiger partial charge in [-0.15, -0.1) is 0 Å². The van der Waals surface area contributed by atoms with E-state index in [9.17, 15) is 14.4 Å². The van der Waals surface area contributed by atoms with Crippen molar-refractivity contribution in [3.8, 4) is 18.2 Å². The van der Waals surface area contributed by atoms with Crippen molar-refractivity contribution < 1.29 is 13.9 Å². The molecule has 0 aliphatic carbocycles. The normalized spacial score (nSPS) is 13.9. The lowest BCUT2D eigenvalue weighted by Crippen LogP contribution is -2.42. The molecule has 0 aromatic heterocycles. The molecule has 0 radical (unpaired) electrons. The third-order valence-corrected chi connectivity index (χ3v) is 4.67. The fraction of sp³-hybridized carbons (Fsp3) is 0.455. The molecule has 0 unspecified atom stereocenters. The summed E-state index contributed by atoms with van der Waals surface area (Å²) in [6, 6.07) is 9.05. The molecular formula is C22H25FN6O2. The zero-order valence-corrected chi connectivity index (χ0v) is 17.8. The van der Waals surface area contributed by atoms with Crippen LogP contribution in [-0.2, 0) is 4.74 Å². The summed E-state index contributed by atoms with van der Waals surface area (Å²) in [5.74, 6) is -0.233. The Labute approximate surface area is 181 Å². The number of anilines is 2. The average molecular weight is 424 g/mol. The van der Waals surface area contributed by atoms with E-state index in [-0.39, 0.29) is 29.0 Å². The molecule has 0 atom stereocenters. The minimum Gasteiger partial charge on any atom is -0.444 e. The fourth-order valence-corrected chi connectivity index (χ4v) is 3.09. The molecule has 31 heavy (non-hydrogen) atoms. The van der Waals surface area contributed by atoms with Crippen molar-refractivity contribution in [3.05, 3.63) is 35.3 Å². The Balaban J connectivity index is 2.01. The first-order valence-electron chi connectivity index (χ1n) is 9.89. The lowest BCUT2D eigenvalue weighted by molar-refractivity contribution is 0.0188. The highest BCUT2D eigenvalue weighted by molar-refractivity contribution is 5.73. The Morgan fingerprint density at radius 3 is 2.35 bits per heavy atom. The molecule has 1 fully saturated rings. The predicted octanol–water partition coefficient (Wildman–Crippen LogP) is 4.12. The van der Waals surface area contributed by atoms with Crippen LogP contribution in [-0.4, -0.2) is 36.2 Å². The van der Waals surface area contributed by atoms with Crippen molar-refractivity contribution >= 4 is 17.5 Å². The zero-order valence-electron chi connectivity index (χ0n) is 17.8. The highest BCUT2D eigenvalue weighted by Gasteiger charge is 2.26. The van der Waals surface area contributed by atoms with Crippen LogP contribution >= 0.6 is 0 Å². The van der Waals surface area contributed by atoms with Crippen LogP contribution in [0.1, 0.15) is 33.6 Å². The number of likely N-dealkylation sites (tertiary alicyclic amines) is 1. The molecule has 0 bridgehead atoms. The fourth-order valence-electron chi connectivity index (χ4n) is 3.09. The Morgan fingerprint density at radius 1 is 1.16 bits per heavy atom. The first-order valence-corrected chi connectivity index (χ1v) is 9.89. The molecule has 0 spiro atoms. The van der Waals surface area contributed by atoms with Gasteiger partial charge in [0.15, 0.2) is 5.57 Å². The number of amides is 1. The number of ether oxygens (including phenoxy) is 1. The average Bonchev–Trinajstić information content (AvgIpc) is 2.72. The predicted molar refractivity (Wildman–Crippen MR) is 113 cm³/mol. The number of allylic oxidation sites excluding steroid dienone is 2. The molecule has 0 saturated carbocycles. The van der Waals surface area contributed by atoms with Gasteiger partial charge in [-0.1, -0.05) is 0 Å². The Kier molecular flexibility index (Phi) is 7.82. The van der Waals surface area contributed by atoms with E-state index in [1.165, 1.54) is 18.2 Å². The number of rotatable bonds is 5. The SMILES string of the molecule is CC(C)(C)OC(=O)N1CCC(CNc2ccc(F)cc2NC(C#N)=C(C#N)C#N)CC1. The van der Waals surface area contributed by atoms with Crippen molar-refractivity contribution in [2.75, 3.05) is 30.3 Å². The third kappa shape index (κ3) is 6.90. The molecule has 1 aromatic rings. The van der Waals surface area contributed by atoms with Crippen LogP contribution in [0.5, 0.6) is 0 Å². The van der Waals surface area contributed by atoms with E-state index in [0.717, 1.165) is 12.8 Å². The number of hydrogen-bond donors (Lipinski definition) is 2. The minimum atomic E-state index is -0.533. The van der Waals surface area contributed by atoms with E-state index in [1.54, 1.807) is 23.1 Å². The number of carbonyl (C=O) groups is 1. The summed E-state index contributed by atoms with van der Waals surface area (Å²) in [7, 11) is 0. The van der Waals surface area contributed by atoms with Crippen molar-refractivity contribution in [1.29, 1.82) is 15.8 Å². The van der Waals surface area contributed by atoms with Crippen molar-refractivity contribution in [3.63, 3.8) is 0 Å². The van der Waals surface area contributed by atoms with E-state index < -0.39 is 11.4 Å². The number of nitrogens with zero attached hydrogens (tertiary/aromatic N) is 4. The van der Waals surface area contributed by atoms with Crippen LogP contribution in [0.2, 0.25) is 0 Å². The molecule has 162 valence electrons. The van der Waals surface area contributed by atoms with E-state index in [1.807, 2.05) is 20.8 Å². The van der Waals surface area contributed by atoms with E-state index >= 15 is 0 Å². The molecule has 9 heteroatoms. The monoisotopic (exact) mass is 424 g/mol. The van der Waals surface area contributed by atoms with Gasteiger partial charge in [0.05, 0.1) is 11.4 Å². The van der Waals surface area contributed by atoms with Gasteiger partial charge in [-0.25, -0.2) is 9.18 Å². The molecule has 1 aliphatic rings. The van der Waals surface area contributed by atoms with Crippen LogP contribution in [0.3, 0.4) is 0 Å². The maximum Gasteiger partial charge on any atom is 0.410 e. The maximum absolute atomic E-state index is 13.8. The van der Waals surface area contributed by atoms with Crippen LogP contribution < -0.4 is 10.6 Å². The molecule has 8 nitrogen and oxygen atoms in total. The second kappa shape index (κ2) is 10.3. The summed E-state index contributed by atoms with van der Waals surface area (Å²) >= 11 is 0. The number of halogens is 1. The van der Waals surface area contributed by atoms with Crippen LogP contribution in [0.4, 0.5) is 20.6 Å². The topological polar surface area (TPSA) is 125 Å². The number of nitrogens with one attached hydrogen (secondary N) is 2. The molecule has 2 rings (SSSR count). The van der Waals surface area contributed by atoms with Crippen LogP contribution in [0, 0.1) is 45.7 Å². The van der Waals surface area contributed by atoms with Crippen LogP contribution in [0.25, 0.3) is 0 Å². The molecule has 1 amide bonds. The molecule has 1 saturated heterocycles. The van der Waals surface area contributed by atoms with Crippen molar-refractivity contribution in [2.45, 2.75) is 39.2 Å². The van der Waals surface area contributed by atoms with Gasteiger partial charge in [0.1, 0.15) is 35.3 Å². The van der Waals surface area contributed by atoms with Gasteiger partial charge in [0.2, 0.25) is 0 Å². The lowest BCUT2D eigenvalue weighted by atomic mass is 9.97. The molecule has 1 aliphatic heterocycles. The van der Waals surface area contributed by atoms with Crippen molar-refractivity contribution in [1.82, 2.24) is 4.90 Å². The Bertz CT molecular complexity index is 954. The van der Waals surface area contributed by atoms with Crippen LogP contribution in [0.15, 0.2) is 29.5 Å². The summed E-state index contributed by atoms with van der Waals surface area (Å²) in [4.78, 5) is 13.9. The Hall–Kier alpha value is -3.77. The van der Waals surface area contributed by atoms with Gasteiger partial charge in [-0.05, 0) is 57.7 Å². The number of nitriles is 3. The summed E-state index contributed by atoms with van der Waals surface area (Å²) in [5, 5.41) is 33.1. The molecule has 2 N–H and O–H groups in total. The first-order chi connectivity index (χ1) is 14.7. The second-order valence-corrected chi connectivity index (χ2v) is 8.19. The van der Waals surface area contributed by atoms with E-state index in [0.29, 0.717) is 25.3 Å². The number of carbonyl (C=O) groups excluding carboxylic acids is 1. The van der Waals surface area contributed by atoms with E-state index in [4.69, 9.17) is 15.3 Å². The van der Waals surface area contributed by atoms with Gasteiger partial charge >= 0.3 is 6.09 Å². The number of piperidine rings is 1. The largest absolute Gasteiger partial charge is 0.444 e. The second-order valence-electron chi connectivity index (χ2n) is 8.19. The summed E-state index contributed by atoms with van der Waals surface area (Å²) < 4.78 is 19.2. The highest BCUT2D eigenvalue weighted by atomic mass is 19.1. The maximum atomic E-state index is 13.8. The van der Waals surface area contributed by atoms with Crippen molar-refractivity contribution in [2.24, 2.45) is 5.92 Å². The number of hydrogen-bond acceptors (Lipinski definition) is 7. The lowest BCUT2D eigenvalue weighted by Gasteiger charge is -2.33. The first kappa shape index (κ1) is 23.5. The van der Waals surface area contributed by atoms with Gasteiger partial charge in [-0.3, -0.25) is 0 Å². The Morgan fingerprint density at radius 2 is 1.81 bits per heavy atom. The van der Waals surface area contributed by atoms with Gasteiger partial charge < -0.3 is 20.3 Å². The smallest absolute Gasteiger partial charge is 0.410 e. The highest BCUT2D eigenvalue weighted by Crippen LogP contribution is 2.27. The molecule has 1 aromatic carbocycles. The summed E-state index contributed by atoms with van der Waals surface area (Å²) in [5.41, 5.74) is -0.365.